The molecule has 0 unspecified atom stereocenters. The lowest BCUT2D eigenvalue weighted by molar-refractivity contribution is -0.129. The van der Waals surface area contributed by atoms with Gasteiger partial charge in [-0.3, -0.25) is 4.79 Å². The number of benzene rings is 2. The Labute approximate surface area is 175 Å². The zero-order valence-electron chi connectivity index (χ0n) is 16.8. The first-order chi connectivity index (χ1) is 14.1. The molecule has 0 spiro atoms. The van der Waals surface area contributed by atoms with Crippen molar-refractivity contribution in [3.63, 3.8) is 0 Å². The number of nitrogen functional groups attached to an aromatic ring is 1. The van der Waals surface area contributed by atoms with Gasteiger partial charge in [-0.15, -0.1) is 10.2 Å². The van der Waals surface area contributed by atoms with Crippen LogP contribution in [0.25, 0.3) is 10.8 Å². The second-order valence-corrected chi connectivity index (χ2v) is 8.61. The molecular formula is C22H27N5OS. The van der Waals surface area contributed by atoms with Gasteiger partial charge in [0.1, 0.15) is 0 Å². The molecule has 6 nitrogen and oxygen atoms in total. The van der Waals surface area contributed by atoms with Gasteiger partial charge in [-0.2, -0.15) is 0 Å². The Bertz CT molecular complexity index is 991. The minimum atomic E-state index is 0.125. The van der Waals surface area contributed by atoms with Crippen LogP contribution in [0, 0.1) is 0 Å². The van der Waals surface area contributed by atoms with Crippen molar-refractivity contribution in [2.45, 2.75) is 49.7 Å². The molecular weight excluding hydrogens is 382 g/mol. The molecule has 1 fully saturated rings. The van der Waals surface area contributed by atoms with E-state index in [0.717, 1.165) is 18.4 Å². The molecule has 1 heterocycles. The number of carbonyl (C=O) groups is 1. The molecule has 1 saturated carbocycles. The Morgan fingerprint density at radius 1 is 1.14 bits per heavy atom. The zero-order valence-corrected chi connectivity index (χ0v) is 17.6. The van der Waals surface area contributed by atoms with Crippen molar-refractivity contribution in [2.24, 2.45) is 0 Å². The number of nitrogens with zero attached hydrogens (tertiary/aromatic N) is 4. The third-order valence-corrected chi connectivity index (χ3v) is 6.73. The van der Waals surface area contributed by atoms with Crippen LogP contribution < -0.4 is 5.84 Å². The first kappa shape index (κ1) is 19.8. The van der Waals surface area contributed by atoms with Crippen molar-refractivity contribution in [3.05, 3.63) is 53.9 Å². The quantitative estimate of drug-likeness (QED) is 0.497. The van der Waals surface area contributed by atoms with Crippen molar-refractivity contribution >= 4 is 28.4 Å². The molecule has 7 heteroatoms. The van der Waals surface area contributed by atoms with E-state index in [1.807, 2.05) is 30.1 Å². The van der Waals surface area contributed by atoms with Gasteiger partial charge in [0.05, 0.1) is 5.75 Å². The molecule has 0 bridgehead atoms. The lowest BCUT2D eigenvalue weighted by Gasteiger charge is -2.31. The number of thioether (sulfide) groups is 1. The van der Waals surface area contributed by atoms with E-state index in [4.69, 9.17) is 5.84 Å². The second kappa shape index (κ2) is 8.86. The molecule has 29 heavy (non-hydrogen) atoms. The topological polar surface area (TPSA) is 77.0 Å². The number of rotatable bonds is 6. The number of fused-ring (bicyclic) bond motifs is 1. The Hall–Kier alpha value is -2.54. The van der Waals surface area contributed by atoms with E-state index in [1.54, 1.807) is 0 Å². The van der Waals surface area contributed by atoms with Crippen LogP contribution in [0.4, 0.5) is 0 Å². The minimum absolute atomic E-state index is 0.125. The van der Waals surface area contributed by atoms with Crippen molar-refractivity contribution < 1.29 is 4.79 Å². The summed E-state index contributed by atoms with van der Waals surface area (Å²) < 4.78 is 1.51. The number of hydrogen-bond acceptors (Lipinski definition) is 5. The summed E-state index contributed by atoms with van der Waals surface area (Å²) in [5, 5.41) is 11.4. The molecule has 1 amide bonds. The third-order valence-electron chi connectivity index (χ3n) is 5.80. The van der Waals surface area contributed by atoms with Gasteiger partial charge in [0.15, 0.2) is 5.82 Å². The molecule has 0 saturated heterocycles. The van der Waals surface area contributed by atoms with E-state index in [2.05, 4.69) is 34.5 Å². The first-order valence-corrected chi connectivity index (χ1v) is 11.2. The van der Waals surface area contributed by atoms with E-state index in [-0.39, 0.29) is 5.91 Å². The summed E-state index contributed by atoms with van der Waals surface area (Å²) in [6, 6.07) is 14.9. The second-order valence-electron chi connectivity index (χ2n) is 7.67. The standard InChI is InChI=1S/C22H27N5OS/c1-26(18-11-3-2-4-12-18)21(28)15-29-22-25-24-20(27(22)23)14-17-10-7-9-16-8-5-6-13-19(16)17/h5-10,13,18H,2-4,11-12,14-15,23H2,1H3. The number of carbonyl (C=O) groups excluding carboxylic acids is 1. The summed E-state index contributed by atoms with van der Waals surface area (Å²) in [7, 11) is 1.91. The zero-order chi connectivity index (χ0) is 20.2. The molecule has 1 aliphatic rings. The first-order valence-electron chi connectivity index (χ1n) is 10.2. The van der Waals surface area contributed by atoms with Crippen molar-refractivity contribution in [1.82, 2.24) is 19.8 Å². The van der Waals surface area contributed by atoms with Crippen LogP contribution in [0.2, 0.25) is 0 Å². The minimum Gasteiger partial charge on any atom is -0.342 e. The smallest absolute Gasteiger partial charge is 0.233 e. The summed E-state index contributed by atoms with van der Waals surface area (Å²) in [4.78, 5) is 14.5. The lowest BCUT2D eigenvalue weighted by atomic mass is 9.94. The monoisotopic (exact) mass is 409 g/mol. The maximum absolute atomic E-state index is 12.6. The molecule has 2 aromatic carbocycles. The molecule has 0 atom stereocenters. The number of nitrogens with two attached hydrogens (primary N) is 1. The van der Waals surface area contributed by atoms with Gasteiger partial charge in [0.25, 0.3) is 0 Å². The molecule has 1 aliphatic carbocycles. The van der Waals surface area contributed by atoms with Crippen molar-refractivity contribution in [3.8, 4) is 0 Å². The molecule has 0 aliphatic heterocycles. The lowest BCUT2D eigenvalue weighted by Crippen LogP contribution is -2.39. The maximum atomic E-state index is 12.6. The summed E-state index contributed by atoms with van der Waals surface area (Å²) in [5.41, 5.74) is 1.16. The fourth-order valence-corrected chi connectivity index (χ4v) is 4.84. The van der Waals surface area contributed by atoms with Gasteiger partial charge in [0, 0.05) is 19.5 Å². The van der Waals surface area contributed by atoms with E-state index in [1.165, 1.54) is 46.5 Å². The number of hydrogen-bond donors (Lipinski definition) is 1. The van der Waals surface area contributed by atoms with Gasteiger partial charge >= 0.3 is 0 Å². The normalized spacial score (nSPS) is 14.9. The van der Waals surface area contributed by atoms with Crippen LogP contribution in [0.5, 0.6) is 0 Å². The van der Waals surface area contributed by atoms with Crippen LogP contribution in [-0.2, 0) is 11.2 Å². The predicted octanol–water partition coefficient (Wildman–Crippen LogP) is 3.62. The van der Waals surface area contributed by atoms with Crippen molar-refractivity contribution in [2.75, 3.05) is 18.6 Å². The number of amides is 1. The van der Waals surface area contributed by atoms with Crippen LogP contribution in [0.1, 0.15) is 43.5 Å². The molecule has 3 aromatic rings. The fourth-order valence-electron chi connectivity index (χ4n) is 4.04. The molecule has 0 radical (unpaired) electrons. The average molecular weight is 410 g/mol. The highest BCUT2D eigenvalue weighted by Gasteiger charge is 2.23. The number of aromatic nitrogens is 3. The Balaban J connectivity index is 1.41. The highest BCUT2D eigenvalue weighted by Crippen LogP contribution is 2.24. The van der Waals surface area contributed by atoms with E-state index >= 15 is 0 Å². The Morgan fingerprint density at radius 2 is 1.90 bits per heavy atom. The fraction of sp³-hybridized carbons (Fsp3) is 0.409. The predicted molar refractivity (Wildman–Crippen MR) is 117 cm³/mol. The molecule has 4 rings (SSSR count). The van der Waals surface area contributed by atoms with E-state index < -0.39 is 0 Å². The van der Waals surface area contributed by atoms with Crippen LogP contribution in [0.15, 0.2) is 47.6 Å². The van der Waals surface area contributed by atoms with Crippen molar-refractivity contribution in [1.29, 1.82) is 0 Å². The SMILES string of the molecule is CN(C(=O)CSc1nnc(Cc2cccc3ccccc23)n1N)C1CCCCC1. The van der Waals surface area contributed by atoms with Gasteiger partial charge in [-0.05, 0) is 29.2 Å². The average Bonchev–Trinajstić information content (AvgIpc) is 3.11. The highest BCUT2D eigenvalue weighted by atomic mass is 32.2. The van der Waals surface area contributed by atoms with Crippen LogP contribution in [0.3, 0.4) is 0 Å². The summed E-state index contributed by atoms with van der Waals surface area (Å²) in [6.45, 7) is 0. The van der Waals surface area contributed by atoms with Gasteiger partial charge in [-0.1, -0.05) is 73.5 Å². The van der Waals surface area contributed by atoms with Crippen LogP contribution in [-0.4, -0.2) is 44.5 Å². The van der Waals surface area contributed by atoms with Gasteiger partial charge in [-0.25, -0.2) is 4.68 Å². The Kier molecular flexibility index (Phi) is 6.04. The summed E-state index contributed by atoms with van der Waals surface area (Å²) in [5.74, 6) is 7.39. The van der Waals surface area contributed by atoms with E-state index in [0.29, 0.717) is 29.2 Å². The van der Waals surface area contributed by atoms with Gasteiger partial charge in [0.2, 0.25) is 11.1 Å². The van der Waals surface area contributed by atoms with Gasteiger partial charge < -0.3 is 10.7 Å². The van der Waals surface area contributed by atoms with E-state index in [9.17, 15) is 4.79 Å². The van der Waals surface area contributed by atoms with Crippen LogP contribution >= 0.6 is 11.8 Å². The third kappa shape index (κ3) is 4.40. The highest BCUT2D eigenvalue weighted by molar-refractivity contribution is 7.99. The largest absolute Gasteiger partial charge is 0.342 e. The Morgan fingerprint density at radius 3 is 2.72 bits per heavy atom. The summed E-state index contributed by atoms with van der Waals surface area (Å²) >= 11 is 1.36. The molecule has 1 aromatic heterocycles. The maximum Gasteiger partial charge on any atom is 0.233 e. The molecule has 152 valence electrons. The molecule has 2 N–H and O–H groups in total. The summed E-state index contributed by atoms with van der Waals surface area (Å²) in [6.07, 6.45) is 6.52.